The monoisotopic (exact) mass is 284 g/mol. The predicted molar refractivity (Wildman–Crippen MR) is 72.6 cm³/mol. The van der Waals surface area contributed by atoms with Crippen LogP contribution in [0.1, 0.15) is 55.4 Å². The largest absolute Gasteiger partial charge is 0.458 e. The molecule has 2 rings (SSSR count). The molecule has 0 aliphatic carbocycles. The molecule has 0 aromatic heterocycles. The van der Waals surface area contributed by atoms with E-state index >= 15 is 0 Å². The van der Waals surface area contributed by atoms with Gasteiger partial charge in [-0.1, -0.05) is 0 Å². The van der Waals surface area contributed by atoms with Crippen LogP contribution in [0.2, 0.25) is 0 Å². The minimum Gasteiger partial charge on any atom is -0.458 e. The number of cyclic esters (lactones) is 3. The van der Waals surface area contributed by atoms with E-state index in [2.05, 4.69) is 4.74 Å². The molecule has 0 saturated carbocycles. The van der Waals surface area contributed by atoms with E-state index in [1.54, 1.807) is 27.7 Å². The van der Waals surface area contributed by atoms with Gasteiger partial charge in [-0.15, -0.1) is 0 Å². The van der Waals surface area contributed by atoms with E-state index in [9.17, 15) is 14.4 Å². The molecule has 5 nitrogen and oxygen atoms in total. The van der Waals surface area contributed by atoms with Gasteiger partial charge in [0.25, 0.3) is 0 Å². The lowest BCUT2D eigenvalue weighted by Gasteiger charge is -2.48. The summed E-state index contributed by atoms with van der Waals surface area (Å²) in [5, 5.41) is 0. The number of hydrogen-bond acceptors (Lipinski definition) is 5. The fraction of sp³-hybridized carbons (Fsp3) is 0.800. The van der Waals surface area contributed by atoms with Crippen molar-refractivity contribution in [1.29, 1.82) is 0 Å². The molecule has 0 radical (unpaired) electrons. The Bertz CT molecular complexity index is 445. The third kappa shape index (κ3) is 2.13. The highest BCUT2D eigenvalue weighted by Gasteiger charge is 2.57. The first kappa shape index (κ1) is 16.7. The van der Waals surface area contributed by atoms with Crippen molar-refractivity contribution in [2.45, 2.75) is 61.0 Å². The van der Waals surface area contributed by atoms with Crippen LogP contribution in [0.5, 0.6) is 0 Å². The summed E-state index contributed by atoms with van der Waals surface area (Å²) in [7, 11) is 0. The van der Waals surface area contributed by atoms with Crippen LogP contribution >= 0.6 is 0 Å². The Kier molecular flexibility index (Phi) is 3.58. The molecule has 0 aromatic rings. The standard InChI is InChI=1S/C8H12O3.C7H12O2/c1-7(2)5(9)11-6(10)8(7,3)4;1-6(2)5(8)9-7(6,3)4/h1-4H3;1-4H3. The van der Waals surface area contributed by atoms with E-state index in [0.717, 1.165) is 0 Å². The molecule has 5 heteroatoms. The van der Waals surface area contributed by atoms with Crippen LogP contribution in [0.4, 0.5) is 0 Å². The molecular weight excluding hydrogens is 260 g/mol. The summed E-state index contributed by atoms with van der Waals surface area (Å²) in [5.41, 5.74) is -1.93. The van der Waals surface area contributed by atoms with Crippen LogP contribution in [0.25, 0.3) is 0 Å². The fourth-order valence-electron chi connectivity index (χ4n) is 1.54. The van der Waals surface area contributed by atoms with Gasteiger partial charge >= 0.3 is 17.9 Å². The van der Waals surface area contributed by atoms with E-state index in [1.807, 2.05) is 27.7 Å². The molecular formula is C15H24O5. The molecule has 2 aliphatic heterocycles. The maximum Gasteiger partial charge on any atom is 0.320 e. The molecule has 2 saturated heterocycles. The van der Waals surface area contributed by atoms with Gasteiger partial charge in [-0.2, -0.15) is 0 Å². The highest BCUT2D eigenvalue weighted by Crippen LogP contribution is 2.45. The lowest BCUT2D eigenvalue weighted by atomic mass is 9.70. The molecule has 0 atom stereocenters. The molecule has 2 heterocycles. The van der Waals surface area contributed by atoms with Crippen LogP contribution < -0.4 is 0 Å². The Morgan fingerprint density at radius 3 is 1.00 bits per heavy atom. The van der Waals surface area contributed by atoms with Gasteiger partial charge in [-0.05, 0) is 55.4 Å². The highest BCUT2D eigenvalue weighted by molar-refractivity contribution is 6.00. The van der Waals surface area contributed by atoms with Crippen molar-refractivity contribution in [3.05, 3.63) is 0 Å². The van der Waals surface area contributed by atoms with Gasteiger partial charge in [0, 0.05) is 0 Å². The van der Waals surface area contributed by atoms with Gasteiger partial charge in [0.1, 0.15) is 11.0 Å². The van der Waals surface area contributed by atoms with Crippen LogP contribution in [0.3, 0.4) is 0 Å². The number of ether oxygens (including phenoxy) is 2. The molecule has 2 fully saturated rings. The quantitative estimate of drug-likeness (QED) is 0.505. The normalized spacial score (nSPS) is 27.7. The Morgan fingerprint density at radius 1 is 0.600 bits per heavy atom. The Hall–Kier alpha value is -1.39. The Labute approximate surface area is 120 Å². The summed E-state index contributed by atoms with van der Waals surface area (Å²) in [6, 6.07) is 0. The van der Waals surface area contributed by atoms with Gasteiger partial charge in [-0.3, -0.25) is 14.4 Å². The summed E-state index contributed by atoms with van der Waals surface area (Å²) < 4.78 is 9.42. The van der Waals surface area contributed by atoms with Gasteiger partial charge in [0.2, 0.25) is 0 Å². The second kappa shape index (κ2) is 4.30. The summed E-state index contributed by atoms with van der Waals surface area (Å²) in [4.78, 5) is 32.9. The van der Waals surface area contributed by atoms with Crippen molar-refractivity contribution in [2.75, 3.05) is 0 Å². The second-order valence-electron chi connectivity index (χ2n) is 7.45. The molecule has 0 aromatic carbocycles. The third-order valence-corrected chi connectivity index (χ3v) is 5.13. The summed E-state index contributed by atoms with van der Waals surface area (Å²) in [6.45, 7) is 14.5. The summed E-state index contributed by atoms with van der Waals surface area (Å²) in [6.07, 6.45) is 0. The minimum atomic E-state index is -0.690. The van der Waals surface area contributed by atoms with Crippen molar-refractivity contribution in [2.24, 2.45) is 16.2 Å². The zero-order chi connectivity index (χ0) is 16.1. The maximum atomic E-state index is 11.1. The smallest absolute Gasteiger partial charge is 0.320 e. The maximum absolute atomic E-state index is 11.1. The average molecular weight is 284 g/mol. The minimum absolute atomic E-state index is 0.0903. The molecule has 0 amide bonds. The number of carbonyl (C=O) groups excluding carboxylic acids is 3. The highest BCUT2D eigenvalue weighted by atomic mass is 16.6. The van der Waals surface area contributed by atoms with Crippen LogP contribution in [-0.4, -0.2) is 23.5 Å². The van der Waals surface area contributed by atoms with Crippen molar-refractivity contribution < 1.29 is 23.9 Å². The zero-order valence-corrected chi connectivity index (χ0v) is 13.5. The number of esters is 3. The molecule has 0 spiro atoms. The van der Waals surface area contributed by atoms with Crippen molar-refractivity contribution in [3.63, 3.8) is 0 Å². The van der Waals surface area contributed by atoms with Gasteiger partial charge in [-0.25, -0.2) is 0 Å². The summed E-state index contributed by atoms with van der Waals surface area (Å²) in [5.74, 6) is -0.938. The number of carbonyl (C=O) groups is 3. The first-order valence-electron chi connectivity index (χ1n) is 6.68. The van der Waals surface area contributed by atoms with Crippen LogP contribution in [0, 0.1) is 16.2 Å². The van der Waals surface area contributed by atoms with Gasteiger partial charge < -0.3 is 9.47 Å². The Morgan fingerprint density at radius 2 is 0.950 bits per heavy atom. The third-order valence-electron chi connectivity index (χ3n) is 5.13. The number of rotatable bonds is 0. The van der Waals surface area contributed by atoms with Gasteiger partial charge in [0.05, 0.1) is 10.8 Å². The second-order valence-corrected chi connectivity index (χ2v) is 7.45. The first-order chi connectivity index (χ1) is 8.68. The first-order valence-corrected chi connectivity index (χ1v) is 6.68. The van der Waals surface area contributed by atoms with Crippen LogP contribution in [-0.2, 0) is 23.9 Å². The number of hydrogen-bond donors (Lipinski definition) is 0. The molecule has 0 N–H and O–H groups in total. The lowest BCUT2D eigenvalue weighted by molar-refractivity contribution is -0.225. The van der Waals surface area contributed by atoms with Crippen LogP contribution in [0.15, 0.2) is 0 Å². The fourth-order valence-corrected chi connectivity index (χ4v) is 1.54. The molecule has 114 valence electrons. The zero-order valence-electron chi connectivity index (χ0n) is 13.5. The van der Waals surface area contributed by atoms with E-state index in [-0.39, 0.29) is 17.0 Å². The van der Waals surface area contributed by atoms with E-state index in [1.165, 1.54) is 0 Å². The van der Waals surface area contributed by atoms with Gasteiger partial charge in [0.15, 0.2) is 0 Å². The van der Waals surface area contributed by atoms with Crippen molar-refractivity contribution in [3.8, 4) is 0 Å². The lowest BCUT2D eigenvalue weighted by Crippen LogP contribution is -2.60. The van der Waals surface area contributed by atoms with E-state index < -0.39 is 22.8 Å². The van der Waals surface area contributed by atoms with Crippen molar-refractivity contribution in [1.82, 2.24) is 0 Å². The van der Waals surface area contributed by atoms with E-state index in [4.69, 9.17) is 4.74 Å². The SMILES string of the molecule is CC1(C)C(=O)OC(=O)C1(C)C.CC1(C)OC(=O)C1(C)C. The molecule has 20 heavy (non-hydrogen) atoms. The predicted octanol–water partition coefficient (Wildman–Crippen LogP) is 2.47. The van der Waals surface area contributed by atoms with E-state index in [0.29, 0.717) is 0 Å². The summed E-state index contributed by atoms with van der Waals surface area (Å²) >= 11 is 0. The molecule has 0 bridgehead atoms. The van der Waals surface area contributed by atoms with Crippen molar-refractivity contribution >= 4 is 17.9 Å². The molecule has 0 unspecified atom stereocenters. The topological polar surface area (TPSA) is 69.7 Å². The average Bonchev–Trinajstić information content (AvgIpc) is 2.40. The molecule has 2 aliphatic rings. The Balaban J connectivity index is 0.000000204.